The van der Waals surface area contributed by atoms with E-state index in [0.29, 0.717) is 0 Å². The smallest absolute Gasteiger partial charge is 0.0876 e. The normalized spacial score (nSPS) is 22.9. The van der Waals surface area contributed by atoms with Gasteiger partial charge in [-0.3, -0.25) is 8.42 Å². The maximum absolute atomic E-state index is 8.52. The molecule has 0 aromatic carbocycles. The summed E-state index contributed by atoms with van der Waals surface area (Å²) >= 11 is 4.19. The summed E-state index contributed by atoms with van der Waals surface area (Å²) in [4.78, 5) is 0. The molecular formula is C14H32N2O4S3. The zero-order valence-corrected chi connectivity index (χ0v) is 17.3. The third kappa shape index (κ3) is 13.5. The molecule has 0 aromatic heterocycles. The van der Waals surface area contributed by atoms with Crippen molar-refractivity contribution in [3.63, 3.8) is 0 Å². The van der Waals surface area contributed by atoms with Crippen molar-refractivity contribution >= 4 is 33.9 Å². The first kappa shape index (κ1) is 23.5. The largest absolute Gasteiger partial charge is 0.759 e. The average Bonchev–Trinajstić information content (AvgIpc) is 2.48. The van der Waals surface area contributed by atoms with Crippen LogP contribution in [0.5, 0.6) is 0 Å². The highest BCUT2D eigenvalue weighted by Crippen LogP contribution is 2.15. The Morgan fingerprint density at radius 3 is 1.13 bits per heavy atom. The van der Waals surface area contributed by atoms with Crippen LogP contribution in [0.2, 0.25) is 0 Å². The Morgan fingerprint density at radius 2 is 1.00 bits per heavy atom. The number of hydrogen-bond acceptors (Lipinski definition) is 6. The summed E-state index contributed by atoms with van der Waals surface area (Å²) in [5.41, 5.74) is 0. The van der Waals surface area contributed by atoms with E-state index in [1.165, 1.54) is 71.2 Å². The summed E-state index contributed by atoms with van der Waals surface area (Å²) in [6.07, 6.45) is 0. The van der Waals surface area contributed by atoms with E-state index in [4.69, 9.17) is 17.5 Å². The van der Waals surface area contributed by atoms with Crippen molar-refractivity contribution in [3.05, 3.63) is 0 Å². The summed E-state index contributed by atoms with van der Waals surface area (Å²) in [5, 5.41) is 0. The van der Waals surface area contributed by atoms with Gasteiger partial charge in [0.1, 0.15) is 0 Å². The monoisotopic (exact) mass is 388 g/mol. The predicted octanol–water partition coefficient (Wildman–Crippen LogP) is 1.06. The number of nitrogens with zero attached hydrogens (tertiary/aromatic N) is 2. The van der Waals surface area contributed by atoms with Crippen LogP contribution in [0.25, 0.3) is 0 Å². The third-order valence-electron chi connectivity index (χ3n) is 4.63. The minimum absolute atomic E-state index is 1.30. The topological polar surface area (TPSA) is 80.3 Å². The highest BCUT2D eigenvalue weighted by atomic mass is 32.3. The van der Waals surface area contributed by atoms with E-state index in [2.05, 4.69) is 51.5 Å². The first-order chi connectivity index (χ1) is 10.5. The molecule has 0 radical (unpaired) electrons. The summed E-state index contributed by atoms with van der Waals surface area (Å²) < 4.78 is 36.7. The Hall–Kier alpha value is 0.490. The second kappa shape index (κ2) is 11.2. The van der Waals surface area contributed by atoms with Gasteiger partial charge in [-0.2, -0.15) is 23.5 Å². The van der Waals surface area contributed by atoms with Crippen LogP contribution in [0.1, 0.15) is 13.8 Å². The minimum atomic E-state index is -5.17. The molecule has 0 atom stereocenters. The van der Waals surface area contributed by atoms with Crippen LogP contribution >= 0.6 is 23.5 Å². The first-order valence-electron chi connectivity index (χ1n) is 8.03. The predicted molar refractivity (Wildman–Crippen MR) is 98.0 cm³/mol. The summed E-state index contributed by atoms with van der Waals surface area (Å²) in [6, 6.07) is 0. The summed E-state index contributed by atoms with van der Waals surface area (Å²) in [7, 11) is -0.445. The lowest BCUT2D eigenvalue weighted by molar-refractivity contribution is -0.904. The highest BCUT2D eigenvalue weighted by molar-refractivity contribution is 7.99. The Bertz CT molecular complexity index is 374. The molecule has 0 bridgehead atoms. The lowest BCUT2D eigenvalue weighted by Crippen LogP contribution is -2.49. The minimum Gasteiger partial charge on any atom is -0.759 e. The Morgan fingerprint density at radius 1 is 0.783 bits per heavy atom. The molecule has 2 fully saturated rings. The van der Waals surface area contributed by atoms with Crippen LogP contribution in [0.4, 0.5) is 0 Å². The molecule has 2 heterocycles. The van der Waals surface area contributed by atoms with E-state index in [0.717, 1.165) is 0 Å². The van der Waals surface area contributed by atoms with Gasteiger partial charge in [0.15, 0.2) is 0 Å². The van der Waals surface area contributed by atoms with Gasteiger partial charge in [0.25, 0.3) is 0 Å². The van der Waals surface area contributed by atoms with E-state index in [1.807, 2.05) is 0 Å². The Balaban J connectivity index is 0.000000332. The number of hydrogen-bond donors (Lipinski definition) is 0. The van der Waals surface area contributed by atoms with Crippen molar-refractivity contribution in [1.29, 1.82) is 0 Å². The van der Waals surface area contributed by atoms with E-state index in [1.54, 1.807) is 0 Å². The van der Waals surface area contributed by atoms with Crippen LogP contribution in [-0.4, -0.2) is 103 Å². The van der Waals surface area contributed by atoms with Crippen molar-refractivity contribution in [2.24, 2.45) is 0 Å². The van der Waals surface area contributed by atoms with Crippen LogP contribution in [0, 0.1) is 0 Å². The molecule has 9 heteroatoms. The quantitative estimate of drug-likeness (QED) is 0.400. The van der Waals surface area contributed by atoms with E-state index >= 15 is 0 Å². The molecule has 0 unspecified atom stereocenters. The molecule has 0 amide bonds. The van der Waals surface area contributed by atoms with Gasteiger partial charge in [-0.1, -0.05) is 0 Å². The number of thioether (sulfide) groups is 2. The summed E-state index contributed by atoms with van der Waals surface area (Å²) in [5.74, 6) is 5.46. The van der Waals surface area contributed by atoms with Gasteiger partial charge in [-0.15, -0.1) is 0 Å². The van der Waals surface area contributed by atoms with Crippen molar-refractivity contribution in [3.8, 4) is 0 Å². The van der Waals surface area contributed by atoms with Crippen molar-refractivity contribution in [2.75, 3.05) is 76.4 Å². The standard InChI is InChI=1S/2C7H16NS.H2O4S/c2*1-3-8(2)4-6-9-7-5-8;1-5(2,3)4/h2*3-7H2,1-2H3;(H2,1,2,3,4)/q2*+1;/p-2. The molecule has 2 aliphatic rings. The van der Waals surface area contributed by atoms with Crippen molar-refractivity contribution in [2.45, 2.75) is 13.8 Å². The second-order valence-corrected chi connectivity index (χ2v) is 9.66. The van der Waals surface area contributed by atoms with Gasteiger partial charge in [0, 0.05) is 33.4 Å². The van der Waals surface area contributed by atoms with Gasteiger partial charge >= 0.3 is 0 Å². The lowest BCUT2D eigenvalue weighted by Gasteiger charge is -2.36. The zero-order chi connectivity index (χ0) is 18.0. The van der Waals surface area contributed by atoms with Gasteiger partial charge < -0.3 is 18.1 Å². The molecule has 2 aliphatic heterocycles. The number of rotatable bonds is 2. The molecule has 0 aromatic rings. The number of quaternary nitrogens is 2. The van der Waals surface area contributed by atoms with Crippen LogP contribution in [0.3, 0.4) is 0 Å². The van der Waals surface area contributed by atoms with Crippen molar-refractivity contribution < 1.29 is 26.5 Å². The SMILES string of the molecule is CC[N+]1(C)CCSCC1.CC[N+]1(C)CCSCC1.O=S(=O)([O-])[O-]. The van der Waals surface area contributed by atoms with Gasteiger partial charge in [0.05, 0.1) is 53.4 Å². The second-order valence-electron chi connectivity index (χ2n) is 6.40. The van der Waals surface area contributed by atoms with Crippen LogP contribution < -0.4 is 0 Å². The third-order valence-corrected chi connectivity index (χ3v) is 6.51. The van der Waals surface area contributed by atoms with E-state index in [-0.39, 0.29) is 0 Å². The lowest BCUT2D eigenvalue weighted by atomic mass is 10.4. The first-order valence-corrected chi connectivity index (χ1v) is 11.7. The fraction of sp³-hybridized carbons (Fsp3) is 1.00. The molecule has 0 spiro atoms. The zero-order valence-electron chi connectivity index (χ0n) is 14.8. The van der Waals surface area contributed by atoms with Crippen LogP contribution in [0.15, 0.2) is 0 Å². The van der Waals surface area contributed by atoms with E-state index in [9.17, 15) is 0 Å². The van der Waals surface area contributed by atoms with E-state index < -0.39 is 10.4 Å². The average molecular weight is 389 g/mol. The molecular weight excluding hydrogens is 356 g/mol. The van der Waals surface area contributed by atoms with Crippen molar-refractivity contribution in [1.82, 2.24) is 0 Å². The fourth-order valence-corrected chi connectivity index (χ4v) is 4.89. The molecule has 0 aliphatic carbocycles. The molecule has 0 saturated carbocycles. The maximum atomic E-state index is 8.52. The molecule has 23 heavy (non-hydrogen) atoms. The highest BCUT2D eigenvalue weighted by Gasteiger charge is 2.22. The molecule has 2 rings (SSSR count). The Labute approximate surface area is 150 Å². The molecule has 2 saturated heterocycles. The molecule has 6 nitrogen and oxygen atoms in total. The Kier molecular flexibility index (Phi) is 11.4. The van der Waals surface area contributed by atoms with Gasteiger partial charge in [-0.05, 0) is 13.8 Å². The molecule has 140 valence electrons. The molecule has 0 N–H and O–H groups in total. The fourth-order valence-electron chi connectivity index (χ4n) is 2.20. The maximum Gasteiger partial charge on any atom is 0.0876 e. The van der Waals surface area contributed by atoms with Crippen LogP contribution in [-0.2, 0) is 10.4 Å². The summed E-state index contributed by atoms with van der Waals surface area (Å²) in [6.45, 7) is 12.7. The van der Waals surface area contributed by atoms with Gasteiger partial charge in [-0.25, -0.2) is 0 Å². The van der Waals surface area contributed by atoms with Gasteiger partial charge in [0.2, 0.25) is 0 Å².